The number of nitrogens with one attached hydrogen (secondary N) is 1. The smallest absolute Gasteiger partial charge is 0.257 e. The van der Waals surface area contributed by atoms with Gasteiger partial charge in [0.2, 0.25) is 0 Å². The zero-order chi connectivity index (χ0) is 15.4. The predicted octanol–water partition coefficient (Wildman–Crippen LogP) is 4.52. The number of halogens is 1. The summed E-state index contributed by atoms with van der Waals surface area (Å²) in [7, 11) is 0. The van der Waals surface area contributed by atoms with Gasteiger partial charge in [0.25, 0.3) is 5.91 Å². The number of Topliss-reactive ketones (excluding diaryl/α,β-unsaturated/α-hetero) is 1. The van der Waals surface area contributed by atoms with Gasteiger partial charge in [-0.2, -0.15) is 0 Å². The summed E-state index contributed by atoms with van der Waals surface area (Å²) in [5.74, 6) is -0.342. The molecule has 5 heteroatoms. The van der Waals surface area contributed by atoms with Crippen molar-refractivity contribution in [3.8, 4) is 0 Å². The van der Waals surface area contributed by atoms with Crippen LogP contribution in [0.1, 0.15) is 27.6 Å². The van der Waals surface area contributed by atoms with Crippen LogP contribution in [-0.4, -0.2) is 17.9 Å². The van der Waals surface area contributed by atoms with Crippen LogP contribution >= 0.6 is 23.4 Å². The standard InChI is InChI=1S/C16H14ClNO2S/c1-10(19)11-4-3-5-12(8-11)18-16(20)14-9-13(21-2)6-7-15(14)17/h3-9H,1-2H3,(H,18,20). The number of benzene rings is 2. The highest BCUT2D eigenvalue weighted by Crippen LogP contribution is 2.24. The highest BCUT2D eigenvalue weighted by molar-refractivity contribution is 7.98. The van der Waals surface area contributed by atoms with E-state index < -0.39 is 0 Å². The molecule has 2 rings (SSSR count). The third kappa shape index (κ3) is 3.86. The van der Waals surface area contributed by atoms with Crippen LogP contribution in [0.15, 0.2) is 47.4 Å². The molecule has 0 unspecified atom stereocenters. The van der Waals surface area contributed by atoms with Crippen LogP contribution in [0, 0.1) is 0 Å². The maximum atomic E-state index is 12.3. The molecule has 108 valence electrons. The first-order chi connectivity index (χ1) is 10.0. The third-order valence-electron chi connectivity index (χ3n) is 2.95. The van der Waals surface area contributed by atoms with Crippen LogP contribution in [0.3, 0.4) is 0 Å². The van der Waals surface area contributed by atoms with E-state index in [1.165, 1.54) is 18.7 Å². The lowest BCUT2D eigenvalue weighted by molar-refractivity contribution is 0.101. The number of rotatable bonds is 4. The zero-order valence-corrected chi connectivity index (χ0v) is 13.2. The van der Waals surface area contributed by atoms with Crippen LogP contribution in [0.4, 0.5) is 5.69 Å². The minimum Gasteiger partial charge on any atom is -0.322 e. The van der Waals surface area contributed by atoms with Crippen molar-refractivity contribution in [1.82, 2.24) is 0 Å². The molecule has 0 radical (unpaired) electrons. The molecule has 1 amide bonds. The van der Waals surface area contributed by atoms with Gasteiger partial charge in [-0.15, -0.1) is 11.8 Å². The zero-order valence-electron chi connectivity index (χ0n) is 11.6. The maximum Gasteiger partial charge on any atom is 0.257 e. The van der Waals surface area contributed by atoms with Crippen molar-refractivity contribution < 1.29 is 9.59 Å². The first-order valence-electron chi connectivity index (χ1n) is 6.27. The lowest BCUT2D eigenvalue weighted by Gasteiger charge is -2.09. The number of ketones is 1. The number of amides is 1. The van der Waals surface area contributed by atoms with E-state index in [2.05, 4.69) is 5.32 Å². The first-order valence-corrected chi connectivity index (χ1v) is 7.87. The van der Waals surface area contributed by atoms with Crippen LogP contribution in [0.25, 0.3) is 0 Å². The van der Waals surface area contributed by atoms with Gasteiger partial charge in [-0.25, -0.2) is 0 Å². The van der Waals surface area contributed by atoms with Gasteiger partial charge in [-0.05, 0) is 43.5 Å². The SMILES string of the molecule is CSc1ccc(Cl)c(C(=O)Nc2cccc(C(C)=O)c2)c1. The summed E-state index contributed by atoms with van der Waals surface area (Å²) in [5, 5.41) is 3.16. The number of carbonyl (C=O) groups is 2. The molecule has 0 bridgehead atoms. The van der Waals surface area contributed by atoms with Gasteiger partial charge in [0.1, 0.15) is 0 Å². The summed E-state index contributed by atoms with van der Waals surface area (Å²) in [4.78, 5) is 24.6. The van der Waals surface area contributed by atoms with Crippen molar-refractivity contribution in [2.75, 3.05) is 11.6 Å². The Bertz CT molecular complexity index is 700. The van der Waals surface area contributed by atoms with E-state index in [9.17, 15) is 9.59 Å². The molecular weight excluding hydrogens is 306 g/mol. The average molecular weight is 320 g/mol. The molecular formula is C16H14ClNO2S. The summed E-state index contributed by atoms with van der Waals surface area (Å²) in [5.41, 5.74) is 1.53. The molecule has 0 aliphatic rings. The van der Waals surface area contributed by atoms with Gasteiger partial charge in [-0.3, -0.25) is 9.59 Å². The Kier molecular flexibility index (Phi) is 5.04. The third-order valence-corrected chi connectivity index (χ3v) is 4.00. The van der Waals surface area contributed by atoms with Gasteiger partial charge >= 0.3 is 0 Å². The Morgan fingerprint density at radius 2 is 1.90 bits per heavy atom. The van der Waals surface area contributed by atoms with E-state index >= 15 is 0 Å². The summed E-state index contributed by atoms with van der Waals surface area (Å²) < 4.78 is 0. The number of hydrogen-bond acceptors (Lipinski definition) is 3. The summed E-state index contributed by atoms with van der Waals surface area (Å²) >= 11 is 7.61. The molecule has 0 aromatic heterocycles. The van der Waals surface area contributed by atoms with Crippen LogP contribution in [0.2, 0.25) is 5.02 Å². The second kappa shape index (κ2) is 6.78. The molecule has 0 saturated heterocycles. The minimum atomic E-state index is -0.295. The van der Waals surface area contributed by atoms with E-state index in [1.54, 1.807) is 36.4 Å². The molecule has 0 saturated carbocycles. The van der Waals surface area contributed by atoms with E-state index in [0.29, 0.717) is 21.8 Å². The largest absolute Gasteiger partial charge is 0.322 e. The second-order valence-corrected chi connectivity index (χ2v) is 5.72. The normalized spacial score (nSPS) is 10.2. The molecule has 0 atom stereocenters. The van der Waals surface area contributed by atoms with Crippen molar-refractivity contribution in [2.24, 2.45) is 0 Å². The van der Waals surface area contributed by atoms with Crippen molar-refractivity contribution in [2.45, 2.75) is 11.8 Å². The van der Waals surface area contributed by atoms with Gasteiger partial charge in [0.05, 0.1) is 10.6 Å². The summed E-state index contributed by atoms with van der Waals surface area (Å²) in [6.07, 6.45) is 1.93. The fourth-order valence-corrected chi connectivity index (χ4v) is 2.46. The van der Waals surface area contributed by atoms with E-state index in [-0.39, 0.29) is 11.7 Å². The Morgan fingerprint density at radius 1 is 1.14 bits per heavy atom. The summed E-state index contributed by atoms with van der Waals surface area (Å²) in [6, 6.07) is 12.1. The van der Waals surface area contributed by atoms with Crippen molar-refractivity contribution in [3.05, 3.63) is 58.6 Å². The van der Waals surface area contributed by atoms with Gasteiger partial charge in [0.15, 0.2) is 5.78 Å². The average Bonchev–Trinajstić information content (AvgIpc) is 2.48. The number of hydrogen-bond donors (Lipinski definition) is 1. The van der Waals surface area contributed by atoms with E-state index in [4.69, 9.17) is 11.6 Å². The van der Waals surface area contributed by atoms with Gasteiger partial charge < -0.3 is 5.32 Å². The monoisotopic (exact) mass is 319 g/mol. The molecule has 21 heavy (non-hydrogen) atoms. The number of carbonyl (C=O) groups excluding carboxylic acids is 2. The molecule has 0 fully saturated rings. The lowest BCUT2D eigenvalue weighted by Crippen LogP contribution is -2.13. The lowest BCUT2D eigenvalue weighted by atomic mass is 10.1. The Morgan fingerprint density at radius 3 is 2.57 bits per heavy atom. The molecule has 0 spiro atoms. The first kappa shape index (κ1) is 15.6. The number of anilines is 1. The van der Waals surface area contributed by atoms with Crippen LogP contribution < -0.4 is 5.32 Å². The summed E-state index contributed by atoms with van der Waals surface area (Å²) in [6.45, 7) is 1.49. The molecule has 2 aromatic rings. The van der Waals surface area contributed by atoms with E-state index in [0.717, 1.165) is 4.90 Å². The molecule has 3 nitrogen and oxygen atoms in total. The minimum absolute atomic E-state index is 0.0477. The van der Waals surface area contributed by atoms with Crippen LogP contribution in [0.5, 0.6) is 0 Å². The maximum absolute atomic E-state index is 12.3. The highest BCUT2D eigenvalue weighted by Gasteiger charge is 2.12. The van der Waals surface area contributed by atoms with Crippen LogP contribution in [-0.2, 0) is 0 Å². The predicted molar refractivity (Wildman–Crippen MR) is 87.6 cm³/mol. The quantitative estimate of drug-likeness (QED) is 0.666. The van der Waals surface area contributed by atoms with Gasteiger partial charge in [-0.1, -0.05) is 23.7 Å². The molecule has 1 N–H and O–H groups in total. The Labute approximate surface area is 132 Å². The van der Waals surface area contributed by atoms with Crippen molar-refractivity contribution >= 4 is 40.7 Å². The molecule has 0 heterocycles. The van der Waals surface area contributed by atoms with Gasteiger partial charge in [0, 0.05) is 16.1 Å². The molecule has 0 aliphatic heterocycles. The Balaban J connectivity index is 2.25. The van der Waals surface area contributed by atoms with Crippen molar-refractivity contribution in [3.63, 3.8) is 0 Å². The molecule has 0 aliphatic carbocycles. The van der Waals surface area contributed by atoms with E-state index in [1.807, 2.05) is 12.3 Å². The topological polar surface area (TPSA) is 46.2 Å². The molecule has 2 aromatic carbocycles. The number of thioether (sulfide) groups is 1. The fraction of sp³-hybridized carbons (Fsp3) is 0.125. The van der Waals surface area contributed by atoms with Crippen molar-refractivity contribution in [1.29, 1.82) is 0 Å². The Hall–Kier alpha value is -1.78. The fourth-order valence-electron chi connectivity index (χ4n) is 1.82. The second-order valence-electron chi connectivity index (χ2n) is 4.44. The highest BCUT2D eigenvalue weighted by atomic mass is 35.5.